The monoisotopic (exact) mass is 378 g/mol. The zero-order valence-electron chi connectivity index (χ0n) is 15.8. The smallest absolute Gasteiger partial charge is 0.231 e. The van der Waals surface area contributed by atoms with E-state index in [1.165, 1.54) is 12.8 Å². The number of aromatic nitrogens is 2. The van der Waals surface area contributed by atoms with Crippen LogP contribution in [0.3, 0.4) is 0 Å². The fourth-order valence-electron chi connectivity index (χ4n) is 3.47. The second-order valence-electron chi connectivity index (χ2n) is 7.22. The SMILES string of the molecule is Cc1cc(N2CCC[C@H](C)C2)nc(NC(=S)NCCN2CCOCC2)n1. The summed E-state index contributed by atoms with van der Waals surface area (Å²) in [4.78, 5) is 13.9. The number of ether oxygens (including phenoxy) is 1. The first-order chi connectivity index (χ1) is 12.6. The van der Waals surface area contributed by atoms with Crippen LogP contribution < -0.4 is 15.5 Å². The molecule has 0 saturated carbocycles. The third-order valence-corrected chi connectivity index (χ3v) is 5.11. The minimum absolute atomic E-state index is 0.571. The van der Waals surface area contributed by atoms with Gasteiger partial charge in [-0.2, -0.15) is 4.98 Å². The first-order valence-electron chi connectivity index (χ1n) is 9.56. The average Bonchev–Trinajstić information content (AvgIpc) is 2.62. The molecule has 2 aliphatic heterocycles. The van der Waals surface area contributed by atoms with Crippen LogP contribution in [0.15, 0.2) is 6.07 Å². The molecule has 144 valence electrons. The maximum Gasteiger partial charge on any atom is 0.231 e. The van der Waals surface area contributed by atoms with E-state index < -0.39 is 0 Å². The van der Waals surface area contributed by atoms with Crippen LogP contribution in [0.2, 0.25) is 0 Å². The Kier molecular flexibility index (Phi) is 6.99. The summed E-state index contributed by atoms with van der Waals surface area (Å²) in [7, 11) is 0. The fraction of sp³-hybridized carbons (Fsp3) is 0.722. The molecule has 0 aliphatic carbocycles. The van der Waals surface area contributed by atoms with Crippen molar-refractivity contribution in [1.29, 1.82) is 0 Å². The highest BCUT2D eigenvalue weighted by atomic mass is 32.1. The van der Waals surface area contributed by atoms with Gasteiger partial charge in [0.1, 0.15) is 5.82 Å². The highest BCUT2D eigenvalue weighted by molar-refractivity contribution is 7.80. The number of nitrogens with one attached hydrogen (secondary N) is 2. The summed E-state index contributed by atoms with van der Waals surface area (Å²) < 4.78 is 5.36. The molecule has 0 bridgehead atoms. The largest absolute Gasteiger partial charge is 0.379 e. The third-order valence-electron chi connectivity index (χ3n) is 4.86. The highest BCUT2D eigenvalue weighted by Crippen LogP contribution is 2.22. The Morgan fingerprint density at radius 1 is 1.31 bits per heavy atom. The van der Waals surface area contributed by atoms with Gasteiger partial charge in [-0.05, 0) is 37.9 Å². The number of morpholine rings is 1. The van der Waals surface area contributed by atoms with Gasteiger partial charge in [-0.3, -0.25) is 4.90 Å². The van der Waals surface area contributed by atoms with Gasteiger partial charge in [0.15, 0.2) is 5.11 Å². The molecule has 3 rings (SSSR count). The Hall–Kier alpha value is -1.51. The lowest BCUT2D eigenvalue weighted by Crippen LogP contribution is -2.42. The molecule has 8 heteroatoms. The lowest BCUT2D eigenvalue weighted by molar-refractivity contribution is 0.0389. The van der Waals surface area contributed by atoms with Gasteiger partial charge in [-0.15, -0.1) is 0 Å². The van der Waals surface area contributed by atoms with Crippen molar-refractivity contribution in [3.05, 3.63) is 11.8 Å². The number of piperidine rings is 1. The molecule has 2 aliphatic rings. The Morgan fingerprint density at radius 3 is 2.88 bits per heavy atom. The average molecular weight is 379 g/mol. The van der Waals surface area contributed by atoms with E-state index in [1.54, 1.807) is 0 Å². The number of nitrogens with zero attached hydrogens (tertiary/aromatic N) is 4. The molecule has 2 fully saturated rings. The zero-order chi connectivity index (χ0) is 18.4. The van der Waals surface area contributed by atoms with Crippen molar-refractivity contribution in [2.75, 3.05) is 62.7 Å². The van der Waals surface area contributed by atoms with Crippen LogP contribution in [0.5, 0.6) is 0 Å². The molecular weight excluding hydrogens is 348 g/mol. The molecule has 7 nitrogen and oxygen atoms in total. The molecule has 26 heavy (non-hydrogen) atoms. The number of hydrogen-bond acceptors (Lipinski definition) is 6. The van der Waals surface area contributed by atoms with Crippen molar-refractivity contribution in [1.82, 2.24) is 20.2 Å². The van der Waals surface area contributed by atoms with Crippen LogP contribution in [0.25, 0.3) is 0 Å². The van der Waals surface area contributed by atoms with E-state index in [0.29, 0.717) is 17.0 Å². The Labute approximate surface area is 161 Å². The predicted octanol–water partition coefficient (Wildman–Crippen LogP) is 1.64. The molecule has 2 N–H and O–H groups in total. The van der Waals surface area contributed by atoms with E-state index in [9.17, 15) is 0 Å². The summed E-state index contributed by atoms with van der Waals surface area (Å²) in [6.07, 6.45) is 2.51. The van der Waals surface area contributed by atoms with E-state index in [1.807, 2.05) is 6.92 Å². The second-order valence-corrected chi connectivity index (χ2v) is 7.63. The minimum atomic E-state index is 0.571. The number of thiocarbonyl (C=S) groups is 1. The van der Waals surface area contributed by atoms with E-state index in [0.717, 1.165) is 64.0 Å². The Morgan fingerprint density at radius 2 is 2.12 bits per heavy atom. The standard InChI is InChI=1S/C18H30N6OS/c1-14-4-3-6-24(13-14)16-12-15(2)20-17(21-16)22-18(26)19-5-7-23-8-10-25-11-9-23/h12,14H,3-11,13H2,1-2H3,(H2,19,20,21,22,26)/t14-/m0/s1. The van der Waals surface area contributed by atoms with E-state index in [-0.39, 0.29) is 0 Å². The van der Waals surface area contributed by atoms with Crippen LogP contribution in [0.1, 0.15) is 25.5 Å². The summed E-state index contributed by atoms with van der Waals surface area (Å²) in [6.45, 7) is 11.8. The van der Waals surface area contributed by atoms with Crippen LogP contribution in [0.4, 0.5) is 11.8 Å². The first kappa shape index (κ1) is 19.3. The molecule has 0 aromatic carbocycles. The van der Waals surface area contributed by atoms with Gasteiger partial charge in [-0.25, -0.2) is 4.98 Å². The van der Waals surface area contributed by atoms with Crippen LogP contribution in [0, 0.1) is 12.8 Å². The lowest BCUT2D eigenvalue weighted by atomic mass is 10.0. The quantitative estimate of drug-likeness (QED) is 0.750. The van der Waals surface area contributed by atoms with E-state index in [2.05, 4.69) is 43.4 Å². The predicted molar refractivity (Wildman–Crippen MR) is 109 cm³/mol. The van der Waals surface area contributed by atoms with Crippen molar-refractivity contribution >= 4 is 29.1 Å². The normalized spacial score (nSPS) is 21.5. The highest BCUT2D eigenvalue weighted by Gasteiger charge is 2.18. The molecule has 1 atom stereocenters. The summed E-state index contributed by atoms with van der Waals surface area (Å²) in [5.41, 5.74) is 0.951. The van der Waals surface area contributed by atoms with Crippen molar-refractivity contribution < 1.29 is 4.74 Å². The topological polar surface area (TPSA) is 65.6 Å². The van der Waals surface area contributed by atoms with E-state index >= 15 is 0 Å². The van der Waals surface area contributed by atoms with Gasteiger partial charge < -0.3 is 20.3 Å². The van der Waals surface area contributed by atoms with Crippen LogP contribution in [-0.2, 0) is 4.74 Å². The molecular formula is C18H30N6OS. The van der Waals surface area contributed by atoms with Crippen molar-refractivity contribution in [2.45, 2.75) is 26.7 Å². The fourth-order valence-corrected chi connectivity index (χ4v) is 3.66. The lowest BCUT2D eigenvalue weighted by Gasteiger charge is -2.32. The molecule has 0 amide bonds. The van der Waals surface area contributed by atoms with Crippen molar-refractivity contribution in [2.24, 2.45) is 5.92 Å². The van der Waals surface area contributed by atoms with Crippen LogP contribution in [-0.4, -0.2) is 72.5 Å². The van der Waals surface area contributed by atoms with Gasteiger partial charge in [-0.1, -0.05) is 6.92 Å². The van der Waals surface area contributed by atoms with Crippen molar-refractivity contribution in [3.63, 3.8) is 0 Å². The molecule has 1 aromatic heterocycles. The Balaban J connectivity index is 1.51. The number of anilines is 2. The van der Waals surface area contributed by atoms with Gasteiger partial charge in [0.05, 0.1) is 13.2 Å². The summed E-state index contributed by atoms with van der Waals surface area (Å²) in [5, 5.41) is 6.96. The molecule has 0 radical (unpaired) electrons. The Bertz CT molecular complexity index is 607. The number of aryl methyl sites for hydroxylation is 1. The van der Waals surface area contributed by atoms with Gasteiger partial charge in [0.25, 0.3) is 0 Å². The second kappa shape index (κ2) is 9.43. The van der Waals surface area contributed by atoms with E-state index in [4.69, 9.17) is 17.0 Å². The minimum Gasteiger partial charge on any atom is -0.379 e. The van der Waals surface area contributed by atoms with Crippen LogP contribution >= 0.6 is 12.2 Å². The van der Waals surface area contributed by atoms with Gasteiger partial charge in [0.2, 0.25) is 5.95 Å². The van der Waals surface area contributed by atoms with Gasteiger partial charge >= 0.3 is 0 Å². The molecule has 2 saturated heterocycles. The first-order valence-corrected chi connectivity index (χ1v) is 9.96. The maximum absolute atomic E-state index is 5.41. The summed E-state index contributed by atoms with van der Waals surface area (Å²) in [5.74, 6) is 2.27. The molecule has 1 aromatic rings. The van der Waals surface area contributed by atoms with Crippen molar-refractivity contribution in [3.8, 4) is 0 Å². The third kappa shape index (κ3) is 5.75. The number of hydrogen-bond donors (Lipinski definition) is 2. The maximum atomic E-state index is 5.41. The summed E-state index contributed by atoms with van der Waals surface area (Å²) >= 11 is 5.41. The molecule has 0 unspecified atom stereocenters. The summed E-state index contributed by atoms with van der Waals surface area (Å²) in [6, 6.07) is 2.05. The number of rotatable bonds is 5. The van der Waals surface area contributed by atoms with Gasteiger partial charge in [0, 0.05) is 51.0 Å². The zero-order valence-corrected chi connectivity index (χ0v) is 16.6. The molecule has 3 heterocycles. The molecule has 0 spiro atoms.